The number of rotatable bonds is 4. The zero-order valence-electron chi connectivity index (χ0n) is 15.1. The van der Waals surface area contributed by atoms with Gasteiger partial charge in [0.1, 0.15) is 0 Å². The molecule has 29 heavy (non-hydrogen) atoms. The number of imidazole rings is 1. The number of alkyl halides is 3. The van der Waals surface area contributed by atoms with Crippen LogP contribution in [0.25, 0.3) is 11.4 Å². The summed E-state index contributed by atoms with van der Waals surface area (Å²) in [6.45, 7) is 1.94. The van der Waals surface area contributed by atoms with Crippen molar-refractivity contribution in [3.63, 3.8) is 0 Å². The average molecular weight is 487 g/mol. The second-order valence-corrected chi connectivity index (χ2v) is 7.53. The van der Waals surface area contributed by atoms with Crippen LogP contribution in [0.3, 0.4) is 0 Å². The van der Waals surface area contributed by atoms with Gasteiger partial charge in [0.15, 0.2) is 5.69 Å². The molecule has 0 aliphatic heterocycles. The molecule has 0 spiro atoms. The minimum atomic E-state index is -4.58. The highest BCUT2D eigenvalue weighted by Gasteiger charge is 2.34. The molecular formula is C19H16BrClF3N5. The van der Waals surface area contributed by atoms with Crippen LogP contribution in [0.15, 0.2) is 59.6 Å². The molecule has 152 valence electrons. The Bertz CT molecular complexity index is 1060. The molecule has 4 N–H and O–H groups in total. The average Bonchev–Trinajstić information content (AvgIpc) is 3.13. The van der Waals surface area contributed by atoms with Crippen molar-refractivity contribution in [2.24, 2.45) is 11.6 Å². The number of hydrazine groups is 1. The van der Waals surface area contributed by atoms with Crippen molar-refractivity contribution in [2.45, 2.75) is 13.1 Å². The van der Waals surface area contributed by atoms with E-state index in [1.165, 1.54) is 15.8 Å². The third kappa shape index (κ3) is 4.42. The van der Waals surface area contributed by atoms with E-state index >= 15 is 0 Å². The lowest BCUT2D eigenvalue weighted by Gasteiger charge is -2.25. The number of aromatic nitrogens is 2. The van der Waals surface area contributed by atoms with Crippen molar-refractivity contribution < 1.29 is 13.2 Å². The molecule has 3 aromatic rings. The Morgan fingerprint density at radius 3 is 2.45 bits per heavy atom. The van der Waals surface area contributed by atoms with Gasteiger partial charge in [-0.3, -0.25) is 5.01 Å². The van der Waals surface area contributed by atoms with Crippen molar-refractivity contribution in [3.8, 4) is 5.69 Å². The van der Waals surface area contributed by atoms with Crippen molar-refractivity contribution >= 4 is 38.9 Å². The normalized spacial score (nSPS) is 12.3. The first kappa shape index (κ1) is 21.2. The lowest BCUT2D eigenvalue weighted by Crippen LogP contribution is -2.31. The smallest absolute Gasteiger partial charge is 0.403 e. The maximum Gasteiger partial charge on any atom is 0.434 e. The molecule has 0 unspecified atom stereocenters. The zero-order valence-corrected chi connectivity index (χ0v) is 17.4. The number of benzene rings is 2. The number of anilines is 1. The second kappa shape index (κ2) is 8.10. The number of hydrogen-bond acceptors (Lipinski definition) is 4. The number of hydrogen-bond donors (Lipinski definition) is 2. The van der Waals surface area contributed by atoms with E-state index in [4.69, 9.17) is 23.2 Å². The predicted molar refractivity (Wildman–Crippen MR) is 111 cm³/mol. The lowest BCUT2D eigenvalue weighted by molar-refractivity contribution is -0.140. The Labute approximate surface area is 178 Å². The summed E-state index contributed by atoms with van der Waals surface area (Å²) >= 11 is 9.70. The molecule has 1 aromatic heterocycles. The van der Waals surface area contributed by atoms with Gasteiger partial charge in [0.05, 0.1) is 28.4 Å². The van der Waals surface area contributed by atoms with Gasteiger partial charge >= 0.3 is 6.18 Å². The highest BCUT2D eigenvalue weighted by atomic mass is 79.9. The first-order valence-corrected chi connectivity index (χ1v) is 9.43. The fourth-order valence-corrected chi connectivity index (χ4v) is 3.64. The summed E-state index contributed by atoms with van der Waals surface area (Å²) in [5.74, 6) is 6.34. The molecule has 0 atom stereocenters. The van der Waals surface area contributed by atoms with Gasteiger partial charge in [0.2, 0.25) is 0 Å². The molecule has 0 saturated heterocycles. The minimum Gasteiger partial charge on any atom is -0.403 e. The standard InChI is InChI=1S/C19H16BrClF3N5/c1-11-2-4-12(5-3-11)16(8-25)29(26)15-7-13(20)6-14(21)18(15)28-9-17(27-10-28)19(22,23)24/h2-10H,25-26H2,1H3/b16-8-. The van der Waals surface area contributed by atoms with E-state index in [0.717, 1.165) is 23.7 Å². The topological polar surface area (TPSA) is 73.1 Å². The van der Waals surface area contributed by atoms with Gasteiger partial charge in [-0.15, -0.1) is 0 Å². The van der Waals surface area contributed by atoms with E-state index in [1.54, 1.807) is 12.1 Å². The van der Waals surface area contributed by atoms with Gasteiger partial charge in [0, 0.05) is 22.4 Å². The van der Waals surface area contributed by atoms with Crippen LogP contribution in [0.2, 0.25) is 5.02 Å². The van der Waals surface area contributed by atoms with E-state index < -0.39 is 11.9 Å². The minimum absolute atomic E-state index is 0.177. The quantitative estimate of drug-likeness (QED) is 0.390. The van der Waals surface area contributed by atoms with E-state index in [9.17, 15) is 13.2 Å². The van der Waals surface area contributed by atoms with Crippen molar-refractivity contribution in [2.75, 3.05) is 5.01 Å². The van der Waals surface area contributed by atoms with Crippen LogP contribution < -0.4 is 16.6 Å². The second-order valence-electron chi connectivity index (χ2n) is 6.21. The van der Waals surface area contributed by atoms with Crippen LogP contribution in [-0.4, -0.2) is 9.55 Å². The van der Waals surface area contributed by atoms with Crippen LogP contribution >= 0.6 is 27.5 Å². The van der Waals surface area contributed by atoms with Crippen LogP contribution in [0.1, 0.15) is 16.8 Å². The van der Waals surface area contributed by atoms with E-state index in [1.807, 2.05) is 31.2 Å². The molecule has 0 amide bonds. The van der Waals surface area contributed by atoms with E-state index in [0.29, 0.717) is 15.9 Å². The zero-order chi connectivity index (χ0) is 21.3. The Morgan fingerprint density at radius 2 is 1.90 bits per heavy atom. The highest BCUT2D eigenvalue weighted by molar-refractivity contribution is 9.10. The Hall–Kier alpha value is -2.49. The fraction of sp³-hybridized carbons (Fsp3) is 0.105. The maximum atomic E-state index is 13.0. The molecule has 0 bridgehead atoms. The lowest BCUT2D eigenvalue weighted by atomic mass is 10.1. The molecular weight excluding hydrogens is 471 g/mol. The SMILES string of the molecule is Cc1ccc(/C(=C/N)N(N)c2cc(Br)cc(Cl)c2-n2cnc(C(F)(F)F)c2)cc1. The molecule has 0 saturated carbocycles. The fourth-order valence-electron chi connectivity index (χ4n) is 2.75. The molecule has 0 fully saturated rings. The van der Waals surface area contributed by atoms with Crippen LogP contribution in [0.5, 0.6) is 0 Å². The van der Waals surface area contributed by atoms with Gasteiger partial charge < -0.3 is 10.3 Å². The Kier molecular flexibility index (Phi) is 5.92. The maximum absolute atomic E-state index is 13.0. The molecule has 0 aliphatic rings. The van der Waals surface area contributed by atoms with Gasteiger partial charge in [-0.05, 0) is 19.1 Å². The number of nitrogens with zero attached hydrogens (tertiary/aromatic N) is 3. The molecule has 2 aromatic carbocycles. The van der Waals surface area contributed by atoms with Crippen molar-refractivity contribution in [3.05, 3.63) is 81.4 Å². The largest absolute Gasteiger partial charge is 0.434 e. The summed E-state index contributed by atoms with van der Waals surface area (Å²) in [4.78, 5) is 3.43. The predicted octanol–water partition coefficient (Wildman–Crippen LogP) is 5.25. The van der Waals surface area contributed by atoms with Gasteiger partial charge in [-0.2, -0.15) is 13.2 Å². The van der Waals surface area contributed by atoms with Gasteiger partial charge in [0.25, 0.3) is 0 Å². The monoisotopic (exact) mass is 485 g/mol. The molecule has 5 nitrogen and oxygen atoms in total. The first-order valence-electron chi connectivity index (χ1n) is 8.26. The van der Waals surface area contributed by atoms with E-state index in [2.05, 4.69) is 20.9 Å². The van der Waals surface area contributed by atoms with Crippen molar-refractivity contribution in [1.82, 2.24) is 9.55 Å². The molecule has 1 heterocycles. The van der Waals surface area contributed by atoms with Crippen LogP contribution in [-0.2, 0) is 6.18 Å². The summed E-state index contributed by atoms with van der Waals surface area (Å²) in [7, 11) is 0. The highest BCUT2D eigenvalue weighted by Crippen LogP contribution is 2.38. The molecule has 0 aliphatic carbocycles. The number of halogens is 5. The third-order valence-electron chi connectivity index (χ3n) is 4.16. The summed E-state index contributed by atoms with van der Waals surface area (Å²) in [5.41, 5.74) is 7.54. The Morgan fingerprint density at radius 1 is 1.24 bits per heavy atom. The number of aryl methyl sites for hydroxylation is 1. The van der Waals surface area contributed by atoms with E-state index in [-0.39, 0.29) is 10.7 Å². The van der Waals surface area contributed by atoms with Gasteiger partial charge in [-0.25, -0.2) is 10.8 Å². The van der Waals surface area contributed by atoms with Crippen LogP contribution in [0, 0.1) is 6.92 Å². The first-order chi connectivity index (χ1) is 13.6. The summed E-state index contributed by atoms with van der Waals surface area (Å²) in [6, 6.07) is 10.7. The third-order valence-corrected chi connectivity index (χ3v) is 4.91. The molecule has 3 rings (SSSR count). The molecule has 0 radical (unpaired) electrons. The summed E-state index contributed by atoms with van der Waals surface area (Å²) in [5, 5.41) is 1.44. The van der Waals surface area contributed by atoms with Crippen molar-refractivity contribution in [1.29, 1.82) is 0 Å². The Balaban J connectivity index is 2.14. The summed E-state index contributed by atoms with van der Waals surface area (Å²) in [6.07, 6.45) is -1.38. The van der Waals surface area contributed by atoms with Gasteiger partial charge in [-0.1, -0.05) is 57.4 Å². The number of nitrogens with two attached hydrogens (primary N) is 2. The molecule has 10 heteroatoms. The van der Waals surface area contributed by atoms with Crippen LogP contribution in [0.4, 0.5) is 18.9 Å². The summed E-state index contributed by atoms with van der Waals surface area (Å²) < 4.78 is 40.8.